The number of halogens is 1. The number of nitrogens with one attached hydrogen (secondary N) is 2. The van der Waals surface area contributed by atoms with Gasteiger partial charge in [-0.25, -0.2) is 9.18 Å². The Kier molecular flexibility index (Phi) is 3.74. The number of hydrogen-bond acceptors (Lipinski definition) is 3. The predicted molar refractivity (Wildman–Crippen MR) is 63.4 cm³/mol. The van der Waals surface area contributed by atoms with Crippen molar-refractivity contribution in [3.05, 3.63) is 35.6 Å². The Bertz CT molecular complexity index is 499. The zero-order valence-corrected chi connectivity index (χ0v) is 9.98. The minimum Gasteiger partial charge on any atom is -0.350 e. The van der Waals surface area contributed by atoms with Crippen molar-refractivity contribution in [2.45, 2.75) is 6.54 Å². The third-order valence-corrected chi connectivity index (χ3v) is 2.64. The molecule has 0 spiro atoms. The van der Waals surface area contributed by atoms with Gasteiger partial charge in [0.25, 0.3) is 5.91 Å². The molecule has 1 aromatic carbocycles. The molecule has 2 N–H and O–H groups in total. The third kappa shape index (κ3) is 3.27. The Morgan fingerprint density at radius 1 is 1.32 bits per heavy atom. The number of amides is 4. The van der Waals surface area contributed by atoms with Gasteiger partial charge in [0.2, 0.25) is 5.91 Å². The first-order valence-electron chi connectivity index (χ1n) is 5.65. The van der Waals surface area contributed by atoms with Gasteiger partial charge in [-0.1, -0.05) is 12.1 Å². The number of carbonyl (C=O) groups excluding carboxylic acids is 3. The van der Waals surface area contributed by atoms with Gasteiger partial charge >= 0.3 is 6.03 Å². The van der Waals surface area contributed by atoms with Crippen LogP contribution in [-0.4, -0.2) is 35.8 Å². The van der Waals surface area contributed by atoms with Gasteiger partial charge in [-0.05, 0) is 17.7 Å². The van der Waals surface area contributed by atoms with Crippen LogP contribution in [0.2, 0.25) is 0 Å². The van der Waals surface area contributed by atoms with Crippen molar-refractivity contribution in [1.29, 1.82) is 0 Å². The fourth-order valence-electron chi connectivity index (χ4n) is 1.62. The molecule has 100 valence electrons. The quantitative estimate of drug-likeness (QED) is 0.752. The van der Waals surface area contributed by atoms with E-state index < -0.39 is 17.8 Å². The molecule has 4 amide bonds. The Balaban J connectivity index is 1.83. The molecule has 0 saturated carbocycles. The van der Waals surface area contributed by atoms with Crippen molar-refractivity contribution < 1.29 is 18.8 Å². The fourth-order valence-corrected chi connectivity index (χ4v) is 1.62. The molecule has 0 unspecified atom stereocenters. The van der Waals surface area contributed by atoms with Crippen molar-refractivity contribution >= 4 is 17.8 Å². The SMILES string of the molecule is O=C(CN1C(=O)CNC1=O)NCc1ccc(F)cc1. The fraction of sp³-hybridized carbons (Fsp3) is 0.250. The van der Waals surface area contributed by atoms with E-state index in [2.05, 4.69) is 10.6 Å². The van der Waals surface area contributed by atoms with Crippen molar-refractivity contribution in [2.24, 2.45) is 0 Å². The molecule has 0 aliphatic carbocycles. The largest absolute Gasteiger partial charge is 0.350 e. The summed E-state index contributed by atoms with van der Waals surface area (Å²) in [5.74, 6) is -1.23. The number of benzene rings is 1. The van der Waals surface area contributed by atoms with Crippen molar-refractivity contribution in [1.82, 2.24) is 15.5 Å². The molecule has 1 saturated heterocycles. The Morgan fingerprint density at radius 3 is 2.58 bits per heavy atom. The normalized spacial score (nSPS) is 14.5. The van der Waals surface area contributed by atoms with E-state index in [4.69, 9.17) is 0 Å². The number of imide groups is 1. The molecule has 1 heterocycles. The van der Waals surface area contributed by atoms with Gasteiger partial charge < -0.3 is 10.6 Å². The first kappa shape index (κ1) is 13.0. The highest BCUT2D eigenvalue weighted by atomic mass is 19.1. The summed E-state index contributed by atoms with van der Waals surface area (Å²) in [5, 5.41) is 4.87. The number of urea groups is 1. The topological polar surface area (TPSA) is 78.5 Å². The van der Waals surface area contributed by atoms with Crippen LogP contribution in [-0.2, 0) is 16.1 Å². The first-order valence-corrected chi connectivity index (χ1v) is 5.65. The lowest BCUT2D eigenvalue weighted by atomic mass is 10.2. The Morgan fingerprint density at radius 2 is 2.00 bits per heavy atom. The van der Waals surface area contributed by atoms with Gasteiger partial charge in [0, 0.05) is 6.54 Å². The van der Waals surface area contributed by atoms with E-state index >= 15 is 0 Å². The van der Waals surface area contributed by atoms with Gasteiger partial charge in [-0.2, -0.15) is 0 Å². The molecule has 1 aliphatic heterocycles. The summed E-state index contributed by atoms with van der Waals surface area (Å²) in [6, 6.07) is 5.10. The van der Waals surface area contributed by atoms with E-state index in [1.807, 2.05) is 0 Å². The molecule has 1 aliphatic rings. The van der Waals surface area contributed by atoms with E-state index in [0.717, 1.165) is 10.5 Å². The van der Waals surface area contributed by atoms with Gasteiger partial charge in [-0.15, -0.1) is 0 Å². The molecule has 7 heteroatoms. The van der Waals surface area contributed by atoms with Crippen LogP contribution < -0.4 is 10.6 Å². The maximum atomic E-state index is 12.7. The second-order valence-corrected chi connectivity index (χ2v) is 4.04. The Labute approximate surface area is 108 Å². The van der Waals surface area contributed by atoms with E-state index in [9.17, 15) is 18.8 Å². The van der Waals surface area contributed by atoms with Crippen LogP contribution in [0.4, 0.5) is 9.18 Å². The van der Waals surface area contributed by atoms with E-state index in [-0.39, 0.29) is 25.5 Å². The summed E-state index contributed by atoms with van der Waals surface area (Å²) in [4.78, 5) is 34.9. The van der Waals surface area contributed by atoms with Crippen LogP contribution in [0.1, 0.15) is 5.56 Å². The smallest absolute Gasteiger partial charge is 0.325 e. The summed E-state index contributed by atoms with van der Waals surface area (Å²) in [6.07, 6.45) is 0. The van der Waals surface area contributed by atoms with Crippen LogP contribution in [0, 0.1) is 5.82 Å². The zero-order chi connectivity index (χ0) is 13.8. The highest BCUT2D eigenvalue weighted by Gasteiger charge is 2.29. The zero-order valence-electron chi connectivity index (χ0n) is 9.98. The predicted octanol–water partition coefficient (Wildman–Crippen LogP) is -0.00630. The van der Waals surface area contributed by atoms with Gasteiger partial charge in [0.1, 0.15) is 12.4 Å². The second kappa shape index (κ2) is 5.47. The molecule has 2 rings (SSSR count). The van der Waals surface area contributed by atoms with Crippen molar-refractivity contribution in [2.75, 3.05) is 13.1 Å². The molecule has 6 nitrogen and oxygen atoms in total. The van der Waals surface area contributed by atoms with Crippen LogP contribution >= 0.6 is 0 Å². The van der Waals surface area contributed by atoms with Gasteiger partial charge in [0.15, 0.2) is 0 Å². The van der Waals surface area contributed by atoms with Gasteiger partial charge in [-0.3, -0.25) is 14.5 Å². The number of carbonyl (C=O) groups is 3. The van der Waals surface area contributed by atoms with Crippen molar-refractivity contribution in [3.8, 4) is 0 Å². The third-order valence-electron chi connectivity index (χ3n) is 2.64. The van der Waals surface area contributed by atoms with E-state index in [0.29, 0.717) is 0 Å². The highest BCUT2D eigenvalue weighted by Crippen LogP contribution is 2.02. The molecule has 0 aromatic heterocycles. The summed E-state index contributed by atoms with van der Waals surface area (Å²) < 4.78 is 12.7. The maximum Gasteiger partial charge on any atom is 0.325 e. The minimum absolute atomic E-state index is 0.0793. The van der Waals surface area contributed by atoms with Crippen molar-refractivity contribution in [3.63, 3.8) is 0 Å². The Hall–Kier alpha value is -2.44. The number of hydrogen-bond donors (Lipinski definition) is 2. The van der Waals surface area contributed by atoms with Gasteiger partial charge in [0.05, 0.1) is 6.54 Å². The average Bonchev–Trinajstić information content (AvgIpc) is 2.70. The molecule has 0 radical (unpaired) electrons. The monoisotopic (exact) mass is 265 g/mol. The molecule has 1 aromatic rings. The summed E-state index contributed by atoms with van der Waals surface area (Å²) in [5.41, 5.74) is 0.729. The standard InChI is InChI=1S/C12H12FN3O3/c13-9-3-1-8(2-4-9)5-14-10(17)7-16-11(18)6-15-12(16)19/h1-4H,5-7H2,(H,14,17)(H,15,19). The van der Waals surface area contributed by atoms with Crippen LogP contribution in [0.5, 0.6) is 0 Å². The average molecular weight is 265 g/mol. The van der Waals surface area contributed by atoms with E-state index in [1.54, 1.807) is 12.1 Å². The summed E-state index contributed by atoms with van der Waals surface area (Å²) >= 11 is 0. The molecule has 0 atom stereocenters. The minimum atomic E-state index is -0.568. The molecular formula is C12H12FN3O3. The molecule has 0 bridgehead atoms. The summed E-state index contributed by atoms with van der Waals surface area (Å²) in [6.45, 7) is -0.182. The second-order valence-electron chi connectivity index (χ2n) is 4.04. The first-order chi connectivity index (χ1) is 9.06. The summed E-state index contributed by atoms with van der Waals surface area (Å²) in [7, 11) is 0. The maximum absolute atomic E-state index is 12.7. The van der Waals surface area contributed by atoms with Crippen LogP contribution in [0.15, 0.2) is 24.3 Å². The molecular weight excluding hydrogens is 253 g/mol. The highest BCUT2D eigenvalue weighted by molar-refractivity contribution is 6.04. The lowest BCUT2D eigenvalue weighted by Gasteiger charge is -2.12. The van der Waals surface area contributed by atoms with Crippen LogP contribution in [0.25, 0.3) is 0 Å². The van der Waals surface area contributed by atoms with Crippen LogP contribution in [0.3, 0.4) is 0 Å². The number of nitrogens with zero attached hydrogens (tertiary/aromatic N) is 1. The molecule has 19 heavy (non-hydrogen) atoms. The number of rotatable bonds is 4. The van der Waals surface area contributed by atoms with E-state index in [1.165, 1.54) is 12.1 Å². The molecule has 1 fully saturated rings. The lowest BCUT2D eigenvalue weighted by Crippen LogP contribution is -2.40. The lowest BCUT2D eigenvalue weighted by molar-refractivity contribution is -0.130.